The van der Waals surface area contributed by atoms with Crippen LogP contribution >= 0.6 is 34.7 Å². The number of amides is 1. The number of aryl methyl sites for hydroxylation is 2. The number of thiophene rings is 1. The molecule has 0 saturated heterocycles. The number of benzene rings is 2. The van der Waals surface area contributed by atoms with Gasteiger partial charge in [-0.25, -0.2) is 9.37 Å². The molecule has 1 aliphatic carbocycles. The number of hydrogen-bond donors (Lipinski definition) is 1. The Labute approximate surface area is 196 Å². The lowest BCUT2D eigenvalue weighted by atomic mass is 10.2. The lowest BCUT2D eigenvalue weighted by molar-refractivity contribution is -0.113. The molecule has 0 atom stereocenters. The molecule has 32 heavy (non-hydrogen) atoms. The van der Waals surface area contributed by atoms with Gasteiger partial charge in [0.1, 0.15) is 10.6 Å². The largest absolute Gasteiger partial charge is 0.325 e. The van der Waals surface area contributed by atoms with E-state index in [1.165, 1.54) is 40.9 Å². The summed E-state index contributed by atoms with van der Waals surface area (Å²) in [4.78, 5) is 32.8. The van der Waals surface area contributed by atoms with Crippen LogP contribution in [0, 0.1) is 5.82 Å². The average molecular weight is 486 g/mol. The van der Waals surface area contributed by atoms with Crippen molar-refractivity contribution in [3.05, 3.63) is 80.2 Å². The zero-order valence-electron chi connectivity index (χ0n) is 16.7. The van der Waals surface area contributed by atoms with Gasteiger partial charge in [0, 0.05) is 15.6 Å². The molecule has 0 bridgehead atoms. The number of nitrogens with one attached hydrogen (secondary N) is 1. The van der Waals surface area contributed by atoms with E-state index in [-0.39, 0.29) is 23.0 Å². The van der Waals surface area contributed by atoms with Gasteiger partial charge in [0.2, 0.25) is 5.91 Å². The lowest BCUT2D eigenvalue weighted by Crippen LogP contribution is -2.23. The summed E-state index contributed by atoms with van der Waals surface area (Å²) in [5.41, 5.74) is 2.13. The van der Waals surface area contributed by atoms with Crippen molar-refractivity contribution in [3.8, 4) is 5.69 Å². The molecule has 5 rings (SSSR count). The minimum atomic E-state index is -0.371. The summed E-state index contributed by atoms with van der Waals surface area (Å²) in [5, 5.41) is 4.42. The summed E-state index contributed by atoms with van der Waals surface area (Å²) in [6, 6.07) is 12.6. The van der Waals surface area contributed by atoms with Crippen molar-refractivity contribution in [2.24, 2.45) is 0 Å². The third kappa shape index (κ3) is 4.05. The number of rotatable bonds is 5. The molecular formula is C23H17ClFN3O2S2. The van der Waals surface area contributed by atoms with Gasteiger partial charge in [-0.1, -0.05) is 23.4 Å². The molecule has 162 valence electrons. The number of halogens is 2. The zero-order valence-corrected chi connectivity index (χ0v) is 19.1. The van der Waals surface area contributed by atoms with Crippen LogP contribution in [0.5, 0.6) is 0 Å². The first-order chi connectivity index (χ1) is 15.5. The normalized spacial score (nSPS) is 12.8. The Kier molecular flexibility index (Phi) is 5.75. The molecule has 9 heteroatoms. The predicted molar refractivity (Wildman–Crippen MR) is 128 cm³/mol. The molecule has 1 N–H and O–H groups in total. The van der Waals surface area contributed by atoms with Gasteiger partial charge in [-0.15, -0.1) is 11.3 Å². The number of anilines is 1. The summed E-state index contributed by atoms with van der Waals surface area (Å²) >= 11 is 8.79. The predicted octanol–water partition coefficient (Wildman–Crippen LogP) is 5.46. The molecule has 0 fully saturated rings. The van der Waals surface area contributed by atoms with Gasteiger partial charge >= 0.3 is 0 Å². The van der Waals surface area contributed by atoms with Gasteiger partial charge in [-0.3, -0.25) is 14.2 Å². The second-order valence-corrected chi connectivity index (χ2v) is 9.86. The molecule has 0 spiro atoms. The van der Waals surface area contributed by atoms with Gasteiger partial charge in [0.05, 0.1) is 16.8 Å². The van der Waals surface area contributed by atoms with Crippen LogP contribution < -0.4 is 10.9 Å². The van der Waals surface area contributed by atoms with Gasteiger partial charge < -0.3 is 5.32 Å². The maximum absolute atomic E-state index is 13.6. The number of thioether (sulfide) groups is 1. The second kappa shape index (κ2) is 8.69. The summed E-state index contributed by atoms with van der Waals surface area (Å²) in [6.45, 7) is 0. The van der Waals surface area contributed by atoms with Crippen molar-refractivity contribution in [1.82, 2.24) is 9.55 Å². The van der Waals surface area contributed by atoms with Crippen LogP contribution in [-0.2, 0) is 17.6 Å². The average Bonchev–Trinajstić information content (AvgIpc) is 3.36. The van der Waals surface area contributed by atoms with Crippen LogP contribution in [0.1, 0.15) is 16.9 Å². The molecule has 0 radical (unpaired) electrons. The van der Waals surface area contributed by atoms with Crippen molar-refractivity contribution in [2.75, 3.05) is 11.1 Å². The molecule has 1 aliphatic rings. The van der Waals surface area contributed by atoms with Gasteiger partial charge in [-0.05, 0) is 73.4 Å². The Morgan fingerprint density at radius 3 is 2.66 bits per heavy atom. The Hall–Kier alpha value is -2.68. The lowest BCUT2D eigenvalue weighted by Gasteiger charge is -2.13. The van der Waals surface area contributed by atoms with Crippen molar-refractivity contribution in [3.63, 3.8) is 0 Å². The molecule has 2 aromatic carbocycles. The quantitative estimate of drug-likeness (QED) is 0.301. The third-order valence-electron chi connectivity index (χ3n) is 5.25. The van der Waals surface area contributed by atoms with Crippen LogP contribution in [0.3, 0.4) is 0 Å². The molecule has 4 aromatic rings. The molecule has 2 aromatic heterocycles. The van der Waals surface area contributed by atoms with Crippen LogP contribution in [0.25, 0.3) is 15.9 Å². The fraction of sp³-hybridized carbons (Fsp3) is 0.174. The summed E-state index contributed by atoms with van der Waals surface area (Å²) < 4.78 is 14.6. The maximum Gasteiger partial charge on any atom is 0.267 e. The molecular weight excluding hydrogens is 469 g/mol. The first-order valence-corrected chi connectivity index (χ1v) is 12.2. The second-order valence-electron chi connectivity index (χ2n) is 7.39. The highest BCUT2D eigenvalue weighted by Crippen LogP contribution is 2.36. The van der Waals surface area contributed by atoms with Crippen LogP contribution in [0.4, 0.5) is 10.1 Å². The highest BCUT2D eigenvalue weighted by Gasteiger charge is 2.24. The van der Waals surface area contributed by atoms with Gasteiger partial charge in [0.25, 0.3) is 5.56 Å². The highest BCUT2D eigenvalue weighted by atomic mass is 35.5. The van der Waals surface area contributed by atoms with Gasteiger partial charge in [0.15, 0.2) is 5.16 Å². The molecule has 2 heterocycles. The van der Waals surface area contributed by atoms with Crippen molar-refractivity contribution >= 4 is 56.5 Å². The minimum Gasteiger partial charge on any atom is -0.325 e. The number of fused-ring (bicyclic) bond motifs is 3. The maximum atomic E-state index is 13.6. The van der Waals surface area contributed by atoms with Crippen molar-refractivity contribution in [2.45, 2.75) is 24.4 Å². The minimum absolute atomic E-state index is 0.0496. The number of carbonyl (C=O) groups is 1. The molecule has 5 nitrogen and oxygen atoms in total. The summed E-state index contributed by atoms with van der Waals surface area (Å²) in [7, 11) is 0. The Morgan fingerprint density at radius 2 is 1.91 bits per heavy atom. The van der Waals surface area contributed by atoms with E-state index in [0.29, 0.717) is 31.8 Å². The van der Waals surface area contributed by atoms with E-state index < -0.39 is 0 Å². The topological polar surface area (TPSA) is 64.0 Å². The number of aromatic nitrogens is 2. The van der Waals surface area contributed by atoms with Crippen molar-refractivity contribution < 1.29 is 9.18 Å². The highest BCUT2D eigenvalue weighted by molar-refractivity contribution is 7.99. The molecule has 0 aliphatic heterocycles. The molecule has 0 unspecified atom stereocenters. The Bertz CT molecular complexity index is 1380. The van der Waals surface area contributed by atoms with E-state index in [0.717, 1.165) is 24.8 Å². The molecule has 0 saturated carbocycles. The first kappa shape index (κ1) is 21.2. The van der Waals surface area contributed by atoms with E-state index >= 15 is 0 Å². The van der Waals surface area contributed by atoms with E-state index in [4.69, 9.17) is 16.6 Å². The Morgan fingerprint density at radius 1 is 1.16 bits per heavy atom. The smallest absolute Gasteiger partial charge is 0.267 e. The summed E-state index contributed by atoms with van der Waals surface area (Å²) in [6.07, 6.45) is 2.91. The van der Waals surface area contributed by atoms with E-state index in [1.54, 1.807) is 40.2 Å². The summed E-state index contributed by atoms with van der Waals surface area (Å²) in [5.74, 6) is -0.592. The fourth-order valence-corrected chi connectivity index (χ4v) is 6.04. The monoisotopic (exact) mass is 485 g/mol. The Balaban J connectivity index is 1.50. The number of nitrogens with zero attached hydrogens (tertiary/aromatic N) is 2. The van der Waals surface area contributed by atoms with E-state index in [1.807, 2.05) is 0 Å². The van der Waals surface area contributed by atoms with Crippen LogP contribution in [0.15, 0.2) is 58.5 Å². The van der Waals surface area contributed by atoms with Crippen molar-refractivity contribution in [1.29, 1.82) is 0 Å². The third-order valence-corrected chi connectivity index (χ3v) is 7.63. The standard InChI is InChI=1S/C23H17ClFN3O2S2/c24-13-4-10-16(11-5-13)28-22(30)20-17-2-1-3-18(17)32-21(20)27-23(28)31-12-19(29)26-15-8-6-14(25)7-9-15/h4-11H,1-3,12H2,(H,26,29). The van der Waals surface area contributed by atoms with Crippen LogP contribution in [0.2, 0.25) is 5.02 Å². The van der Waals surface area contributed by atoms with Crippen LogP contribution in [-0.4, -0.2) is 21.2 Å². The number of carbonyl (C=O) groups excluding carboxylic acids is 1. The SMILES string of the molecule is O=C(CSc1nc2sc3c(c2c(=O)n1-c1ccc(Cl)cc1)CCC3)Nc1ccc(F)cc1. The zero-order chi connectivity index (χ0) is 22.2. The first-order valence-electron chi connectivity index (χ1n) is 10.0. The molecule has 1 amide bonds. The number of hydrogen-bond acceptors (Lipinski definition) is 5. The fourth-order valence-electron chi connectivity index (χ4n) is 3.80. The van der Waals surface area contributed by atoms with Gasteiger partial charge in [-0.2, -0.15) is 0 Å². The van der Waals surface area contributed by atoms with E-state index in [2.05, 4.69) is 5.32 Å². The van der Waals surface area contributed by atoms with E-state index in [9.17, 15) is 14.0 Å².